The molecular weight excluding hydrogens is 382 g/mol. The molecule has 0 fully saturated rings. The Bertz CT molecular complexity index is 684. The summed E-state index contributed by atoms with van der Waals surface area (Å²) < 4.78 is 131. The lowest BCUT2D eigenvalue weighted by Crippen LogP contribution is -2.35. The van der Waals surface area contributed by atoms with E-state index in [9.17, 15) is 43.9 Å². The molecule has 2 aromatic rings. The molecule has 0 nitrogen and oxygen atoms in total. The maximum atomic E-state index is 14.1. The molecule has 0 N–H and O–H groups in total. The molecule has 0 spiro atoms. The minimum absolute atomic E-state index is 0.195. The predicted molar refractivity (Wildman–Crippen MR) is 70.7 cm³/mol. The first-order chi connectivity index (χ1) is 11.7. The van der Waals surface area contributed by atoms with Gasteiger partial charge in [-0.1, -0.05) is 24.3 Å². The number of benzene rings is 2. The second-order valence-electron chi connectivity index (χ2n) is 5.30. The zero-order valence-electron chi connectivity index (χ0n) is 12.4. The Morgan fingerprint density at radius 2 is 0.538 bits per heavy atom. The van der Waals surface area contributed by atoms with Crippen molar-refractivity contribution in [2.45, 2.75) is 24.2 Å². The van der Waals surface area contributed by atoms with Crippen LogP contribution in [0.5, 0.6) is 0 Å². The molecule has 0 unspecified atom stereocenters. The molecule has 0 saturated carbocycles. The Kier molecular flexibility index (Phi) is 4.76. The van der Waals surface area contributed by atoms with Crippen molar-refractivity contribution in [3.63, 3.8) is 0 Å². The molecule has 10 heteroatoms. The lowest BCUT2D eigenvalue weighted by atomic mass is 9.94. The van der Waals surface area contributed by atoms with E-state index in [1.165, 1.54) is 0 Å². The Balaban J connectivity index is 2.40. The minimum atomic E-state index is -4.95. The quantitative estimate of drug-likeness (QED) is 0.518. The van der Waals surface area contributed by atoms with Gasteiger partial charge in [-0.25, -0.2) is 0 Å². The van der Waals surface area contributed by atoms with Gasteiger partial charge >= 0.3 is 24.2 Å². The van der Waals surface area contributed by atoms with Gasteiger partial charge in [0.25, 0.3) is 0 Å². The van der Waals surface area contributed by atoms with E-state index in [-0.39, 0.29) is 48.5 Å². The maximum Gasteiger partial charge on any atom is 0.416 e. The predicted octanol–water partition coefficient (Wildman–Crippen LogP) is 6.61. The number of hydrogen-bond acceptors (Lipinski definition) is 0. The van der Waals surface area contributed by atoms with E-state index >= 15 is 0 Å². The lowest BCUT2D eigenvalue weighted by Gasteiger charge is -2.27. The van der Waals surface area contributed by atoms with Crippen LogP contribution in [0.25, 0.3) is 0 Å². The summed E-state index contributed by atoms with van der Waals surface area (Å²) in [6.07, 6.45) is -9.69. The van der Waals surface area contributed by atoms with Crippen molar-refractivity contribution in [2.75, 3.05) is 0 Å². The van der Waals surface area contributed by atoms with Crippen LogP contribution in [0.1, 0.15) is 22.3 Å². The Morgan fingerprint density at radius 1 is 0.346 bits per heavy atom. The van der Waals surface area contributed by atoms with Crippen molar-refractivity contribution >= 4 is 0 Å². The fraction of sp³-hybridized carbons (Fsp3) is 0.250. The van der Waals surface area contributed by atoms with E-state index in [1.54, 1.807) is 0 Å². The lowest BCUT2D eigenvalue weighted by molar-refractivity contribution is -0.224. The van der Waals surface area contributed by atoms with E-state index in [1.807, 2.05) is 0 Å². The van der Waals surface area contributed by atoms with Gasteiger partial charge in [-0.3, -0.25) is 0 Å². The average molecular weight is 390 g/mol. The normalized spacial score (nSPS) is 13.8. The molecule has 0 aromatic heterocycles. The van der Waals surface area contributed by atoms with Gasteiger partial charge < -0.3 is 0 Å². The van der Waals surface area contributed by atoms with Gasteiger partial charge in [0.05, 0.1) is 11.1 Å². The number of hydrogen-bond donors (Lipinski definition) is 0. The highest BCUT2D eigenvalue weighted by Gasteiger charge is 2.58. The highest BCUT2D eigenvalue weighted by Crippen LogP contribution is 2.50. The third-order valence-corrected chi connectivity index (χ3v) is 3.54. The van der Waals surface area contributed by atoms with Gasteiger partial charge in [-0.2, -0.15) is 43.9 Å². The standard InChI is InChI=1S/C16H8F10/c17-13(18,9-1-5-11(6-2-9)15(21,22)23)14(19,20)10-3-7-12(8-4-10)16(24,25)26/h1-8H. The molecule has 0 bridgehead atoms. The highest BCUT2D eigenvalue weighted by molar-refractivity contribution is 5.34. The molecule has 0 saturated heterocycles. The van der Waals surface area contributed by atoms with Gasteiger partial charge in [0.1, 0.15) is 0 Å². The third-order valence-electron chi connectivity index (χ3n) is 3.54. The van der Waals surface area contributed by atoms with Crippen LogP contribution < -0.4 is 0 Å². The van der Waals surface area contributed by atoms with E-state index in [4.69, 9.17) is 0 Å². The molecule has 142 valence electrons. The molecule has 26 heavy (non-hydrogen) atoms. The van der Waals surface area contributed by atoms with Crippen LogP contribution in [-0.4, -0.2) is 0 Å². The van der Waals surface area contributed by atoms with Crippen molar-refractivity contribution in [1.29, 1.82) is 0 Å². The van der Waals surface area contributed by atoms with Crippen molar-refractivity contribution < 1.29 is 43.9 Å². The number of rotatable bonds is 3. The molecule has 0 aliphatic carbocycles. The Labute approximate surface area is 140 Å². The van der Waals surface area contributed by atoms with Crippen LogP contribution in [0.4, 0.5) is 43.9 Å². The molecule has 0 heterocycles. The van der Waals surface area contributed by atoms with Crippen molar-refractivity contribution in [2.24, 2.45) is 0 Å². The summed E-state index contributed by atoms with van der Waals surface area (Å²) in [6.45, 7) is 0. The first-order valence-electron chi connectivity index (χ1n) is 6.78. The van der Waals surface area contributed by atoms with Crippen LogP contribution in [0.3, 0.4) is 0 Å². The van der Waals surface area contributed by atoms with Crippen LogP contribution in [-0.2, 0) is 24.2 Å². The van der Waals surface area contributed by atoms with Crippen LogP contribution in [0.2, 0.25) is 0 Å². The van der Waals surface area contributed by atoms with Crippen molar-refractivity contribution in [1.82, 2.24) is 0 Å². The fourth-order valence-corrected chi connectivity index (χ4v) is 2.10. The van der Waals surface area contributed by atoms with Gasteiger partial charge in [0, 0.05) is 11.1 Å². The molecular formula is C16H8F10. The molecule has 2 rings (SSSR count). The fourth-order valence-electron chi connectivity index (χ4n) is 2.10. The van der Waals surface area contributed by atoms with Crippen molar-refractivity contribution in [3.8, 4) is 0 Å². The Morgan fingerprint density at radius 3 is 0.731 bits per heavy atom. The molecule has 0 amide bonds. The largest absolute Gasteiger partial charge is 0.416 e. The van der Waals surface area contributed by atoms with Crippen LogP contribution in [0.15, 0.2) is 48.5 Å². The van der Waals surface area contributed by atoms with Crippen molar-refractivity contribution in [3.05, 3.63) is 70.8 Å². The van der Waals surface area contributed by atoms with Crippen LogP contribution >= 0.6 is 0 Å². The molecule has 0 aliphatic heterocycles. The SMILES string of the molecule is FC(F)(F)c1ccc(C(F)(F)C(F)(F)c2ccc(C(F)(F)F)cc2)cc1. The first kappa shape index (κ1) is 20.1. The summed E-state index contributed by atoms with van der Waals surface area (Å²) in [5.41, 5.74) is -5.43. The van der Waals surface area contributed by atoms with E-state index < -0.39 is 46.5 Å². The zero-order chi connectivity index (χ0) is 20.0. The highest BCUT2D eigenvalue weighted by atomic mass is 19.4. The summed E-state index contributed by atoms with van der Waals surface area (Å²) in [4.78, 5) is 0. The molecule has 0 atom stereocenters. The Hall–Kier alpha value is -2.26. The van der Waals surface area contributed by atoms with Crippen LogP contribution in [0, 0.1) is 0 Å². The number of alkyl halides is 10. The molecule has 2 aromatic carbocycles. The third kappa shape index (κ3) is 3.63. The summed E-state index contributed by atoms with van der Waals surface area (Å²) in [5.74, 6) is -9.90. The zero-order valence-corrected chi connectivity index (χ0v) is 12.4. The monoisotopic (exact) mass is 390 g/mol. The van der Waals surface area contributed by atoms with E-state index in [2.05, 4.69) is 0 Å². The summed E-state index contributed by atoms with van der Waals surface area (Å²) in [7, 11) is 0. The smallest absolute Gasteiger partial charge is 0.194 e. The van der Waals surface area contributed by atoms with E-state index in [0.29, 0.717) is 0 Å². The molecule has 0 radical (unpaired) electrons. The van der Waals surface area contributed by atoms with E-state index in [0.717, 1.165) is 0 Å². The summed E-state index contributed by atoms with van der Waals surface area (Å²) >= 11 is 0. The topological polar surface area (TPSA) is 0 Å². The number of halogens is 10. The minimum Gasteiger partial charge on any atom is -0.194 e. The van der Waals surface area contributed by atoms with Gasteiger partial charge in [-0.05, 0) is 24.3 Å². The summed E-state index contributed by atoms with van der Waals surface area (Å²) in [6, 6.07) is 1.64. The van der Waals surface area contributed by atoms with Gasteiger partial charge in [0.2, 0.25) is 0 Å². The first-order valence-corrected chi connectivity index (χ1v) is 6.78. The average Bonchev–Trinajstić information content (AvgIpc) is 2.53. The van der Waals surface area contributed by atoms with Gasteiger partial charge in [-0.15, -0.1) is 0 Å². The summed E-state index contributed by atoms with van der Waals surface area (Å²) in [5, 5.41) is 0. The maximum absolute atomic E-state index is 14.1. The molecule has 0 aliphatic rings. The second-order valence-corrected chi connectivity index (χ2v) is 5.30. The van der Waals surface area contributed by atoms with Gasteiger partial charge in [0.15, 0.2) is 0 Å². The second kappa shape index (κ2) is 6.17.